The number of para-hydroxylation sites is 2. The molecule has 0 saturated carbocycles. The highest BCUT2D eigenvalue weighted by atomic mass is 16.3. The van der Waals surface area contributed by atoms with Gasteiger partial charge in [0.2, 0.25) is 0 Å². The minimum atomic E-state index is 0.572. The third kappa shape index (κ3) is 4.76. The van der Waals surface area contributed by atoms with E-state index < -0.39 is 0 Å². The first-order valence-corrected chi connectivity index (χ1v) is 18.1. The number of furan rings is 1. The van der Waals surface area contributed by atoms with E-state index in [4.69, 9.17) is 19.4 Å². The van der Waals surface area contributed by atoms with E-state index >= 15 is 0 Å². The second-order valence-electron chi connectivity index (χ2n) is 13.6. The number of fused-ring (bicyclic) bond motifs is 7. The van der Waals surface area contributed by atoms with Crippen LogP contribution in [0.15, 0.2) is 186 Å². The molecule has 54 heavy (non-hydrogen) atoms. The summed E-state index contributed by atoms with van der Waals surface area (Å²) in [5.74, 6) is 1.80. The van der Waals surface area contributed by atoms with Crippen molar-refractivity contribution in [3.63, 3.8) is 0 Å². The number of benzene rings is 8. The number of rotatable bonds is 5. The molecule has 3 aromatic heterocycles. The molecule has 5 heteroatoms. The lowest BCUT2D eigenvalue weighted by Gasteiger charge is -2.14. The van der Waals surface area contributed by atoms with E-state index in [1.807, 2.05) is 72.8 Å². The van der Waals surface area contributed by atoms with Crippen molar-refractivity contribution >= 4 is 54.5 Å². The average Bonchev–Trinajstić information content (AvgIpc) is 3.79. The molecule has 0 atom stereocenters. The molecule has 3 heterocycles. The van der Waals surface area contributed by atoms with Crippen LogP contribution in [0.25, 0.3) is 105 Å². The van der Waals surface area contributed by atoms with Gasteiger partial charge in [-0.3, -0.25) is 0 Å². The van der Waals surface area contributed by atoms with Crippen LogP contribution < -0.4 is 0 Å². The Balaban J connectivity index is 1.28. The standard InChI is InChI=1S/C49H30N4O/c1-4-16-31(17-5-1)44-36-23-11-10-22-34(36)28-41-46(44)37-24-12-14-26-39(37)53(41)40-29-35(30-43-45(40)38-25-13-15-27-42(38)54-43)49-51-47(32-18-6-2-7-19-32)50-48(52-49)33-20-8-3-9-21-33/h1-30H. The summed E-state index contributed by atoms with van der Waals surface area (Å²) in [6.07, 6.45) is 0. The molecule has 0 aliphatic heterocycles. The molecule has 5 nitrogen and oxygen atoms in total. The maximum absolute atomic E-state index is 6.69. The largest absolute Gasteiger partial charge is 0.456 e. The maximum atomic E-state index is 6.69. The zero-order valence-electron chi connectivity index (χ0n) is 29.0. The van der Waals surface area contributed by atoms with Crippen molar-refractivity contribution in [2.24, 2.45) is 0 Å². The molecule has 11 rings (SSSR count). The van der Waals surface area contributed by atoms with Gasteiger partial charge in [0.1, 0.15) is 11.2 Å². The second kappa shape index (κ2) is 12.1. The van der Waals surface area contributed by atoms with Gasteiger partial charge in [0.25, 0.3) is 0 Å². The number of nitrogens with zero attached hydrogens (tertiary/aromatic N) is 4. The zero-order valence-corrected chi connectivity index (χ0v) is 29.0. The fourth-order valence-electron chi connectivity index (χ4n) is 8.03. The number of hydrogen-bond acceptors (Lipinski definition) is 4. The Labute approximate surface area is 310 Å². The Morgan fingerprint density at radius 2 is 0.907 bits per heavy atom. The molecule has 0 bridgehead atoms. The monoisotopic (exact) mass is 690 g/mol. The topological polar surface area (TPSA) is 56.7 Å². The van der Waals surface area contributed by atoms with Crippen LogP contribution in [-0.2, 0) is 0 Å². The highest BCUT2D eigenvalue weighted by molar-refractivity contribution is 6.24. The van der Waals surface area contributed by atoms with Gasteiger partial charge in [-0.2, -0.15) is 0 Å². The molecule has 252 valence electrons. The lowest BCUT2D eigenvalue weighted by atomic mass is 9.93. The SMILES string of the molecule is c1ccc(-c2nc(-c3ccccc3)nc(-c3cc(-n4c5ccccc5c5c(-c6ccccc6)c6ccccc6cc54)c4c(c3)oc3ccccc34)n2)cc1. The highest BCUT2D eigenvalue weighted by Gasteiger charge is 2.23. The minimum absolute atomic E-state index is 0.572. The van der Waals surface area contributed by atoms with Crippen molar-refractivity contribution in [1.82, 2.24) is 19.5 Å². The van der Waals surface area contributed by atoms with Gasteiger partial charge in [0.15, 0.2) is 17.5 Å². The zero-order chi connectivity index (χ0) is 35.6. The molecule has 0 saturated heterocycles. The van der Waals surface area contributed by atoms with Crippen molar-refractivity contribution in [2.45, 2.75) is 0 Å². The van der Waals surface area contributed by atoms with Crippen LogP contribution in [-0.4, -0.2) is 19.5 Å². The molecule has 0 spiro atoms. The molecule has 11 aromatic rings. The van der Waals surface area contributed by atoms with Gasteiger partial charge in [-0.1, -0.05) is 152 Å². The third-order valence-electron chi connectivity index (χ3n) is 10.4. The van der Waals surface area contributed by atoms with Crippen molar-refractivity contribution in [3.8, 4) is 51.0 Å². The van der Waals surface area contributed by atoms with Gasteiger partial charge in [-0.05, 0) is 52.2 Å². The van der Waals surface area contributed by atoms with E-state index in [0.29, 0.717) is 17.5 Å². The Kier molecular flexibility index (Phi) is 6.79. The summed E-state index contributed by atoms with van der Waals surface area (Å²) in [5.41, 5.74) is 9.89. The van der Waals surface area contributed by atoms with Gasteiger partial charge in [-0.15, -0.1) is 0 Å². The summed E-state index contributed by atoms with van der Waals surface area (Å²) in [4.78, 5) is 15.2. The lowest BCUT2D eigenvalue weighted by Crippen LogP contribution is -2.01. The Bertz CT molecular complexity index is 3140. The van der Waals surface area contributed by atoms with Crippen LogP contribution in [0.3, 0.4) is 0 Å². The number of hydrogen-bond donors (Lipinski definition) is 0. The van der Waals surface area contributed by atoms with Crippen LogP contribution in [0.5, 0.6) is 0 Å². The summed E-state index contributed by atoms with van der Waals surface area (Å²) in [6, 6.07) is 63.3. The molecule has 0 aliphatic rings. The van der Waals surface area contributed by atoms with Crippen LogP contribution in [0, 0.1) is 0 Å². The molecular formula is C49H30N4O. The second-order valence-corrected chi connectivity index (χ2v) is 13.6. The van der Waals surface area contributed by atoms with E-state index in [2.05, 4.69) is 114 Å². The average molecular weight is 691 g/mol. The van der Waals surface area contributed by atoms with Crippen molar-refractivity contribution in [2.75, 3.05) is 0 Å². The Hall–Kier alpha value is -7.37. The predicted molar refractivity (Wildman–Crippen MR) is 221 cm³/mol. The summed E-state index contributed by atoms with van der Waals surface area (Å²) in [7, 11) is 0. The van der Waals surface area contributed by atoms with Crippen LogP contribution in [0.2, 0.25) is 0 Å². The smallest absolute Gasteiger partial charge is 0.164 e. The summed E-state index contributed by atoms with van der Waals surface area (Å²) in [5, 5.41) is 6.87. The van der Waals surface area contributed by atoms with Crippen LogP contribution >= 0.6 is 0 Å². The Morgan fingerprint density at radius 1 is 0.370 bits per heavy atom. The molecule has 0 N–H and O–H groups in total. The molecule has 0 amide bonds. The Morgan fingerprint density at radius 3 is 1.59 bits per heavy atom. The van der Waals surface area contributed by atoms with Crippen LogP contribution in [0.1, 0.15) is 0 Å². The fraction of sp³-hybridized carbons (Fsp3) is 0. The van der Waals surface area contributed by atoms with E-state index in [1.165, 1.54) is 32.7 Å². The quantitative estimate of drug-likeness (QED) is 0.180. The first kappa shape index (κ1) is 30.3. The van der Waals surface area contributed by atoms with Crippen LogP contribution in [0.4, 0.5) is 0 Å². The first-order chi connectivity index (χ1) is 26.8. The highest BCUT2D eigenvalue weighted by Crippen LogP contribution is 2.45. The molecule has 0 aliphatic carbocycles. The van der Waals surface area contributed by atoms with E-state index in [1.54, 1.807) is 0 Å². The summed E-state index contributed by atoms with van der Waals surface area (Å²) >= 11 is 0. The molecule has 8 aromatic carbocycles. The van der Waals surface area contributed by atoms with Crippen molar-refractivity contribution < 1.29 is 4.42 Å². The first-order valence-electron chi connectivity index (χ1n) is 18.1. The molecule has 0 fully saturated rings. The minimum Gasteiger partial charge on any atom is -0.456 e. The summed E-state index contributed by atoms with van der Waals surface area (Å²) < 4.78 is 9.10. The predicted octanol–water partition coefficient (Wildman–Crippen LogP) is 12.7. The normalized spacial score (nSPS) is 11.7. The van der Waals surface area contributed by atoms with Gasteiger partial charge < -0.3 is 8.98 Å². The maximum Gasteiger partial charge on any atom is 0.164 e. The van der Waals surface area contributed by atoms with Gasteiger partial charge in [-0.25, -0.2) is 15.0 Å². The molecule has 0 unspecified atom stereocenters. The third-order valence-corrected chi connectivity index (χ3v) is 10.4. The van der Waals surface area contributed by atoms with Gasteiger partial charge in [0.05, 0.1) is 22.1 Å². The van der Waals surface area contributed by atoms with Crippen molar-refractivity contribution in [3.05, 3.63) is 182 Å². The fourth-order valence-corrected chi connectivity index (χ4v) is 8.03. The summed E-state index contributed by atoms with van der Waals surface area (Å²) in [6.45, 7) is 0. The van der Waals surface area contributed by atoms with E-state index in [9.17, 15) is 0 Å². The number of aromatic nitrogens is 4. The molecular weight excluding hydrogens is 661 g/mol. The molecule has 0 radical (unpaired) electrons. The lowest BCUT2D eigenvalue weighted by molar-refractivity contribution is 0.669. The van der Waals surface area contributed by atoms with E-state index in [0.717, 1.165) is 55.3 Å². The van der Waals surface area contributed by atoms with Gasteiger partial charge >= 0.3 is 0 Å². The van der Waals surface area contributed by atoms with Crippen molar-refractivity contribution in [1.29, 1.82) is 0 Å². The van der Waals surface area contributed by atoms with E-state index in [-0.39, 0.29) is 0 Å². The van der Waals surface area contributed by atoms with Gasteiger partial charge in [0, 0.05) is 32.8 Å².